The van der Waals surface area contributed by atoms with Gasteiger partial charge in [0, 0.05) is 10.6 Å². The maximum absolute atomic E-state index is 11.8. The summed E-state index contributed by atoms with van der Waals surface area (Å²) < 4.78 is 0. The Morgan fingerprint density at radius 2 is 2.05 bits per heavy atom. The quantitative estimate of drug-likeness (QED) is 0.561. The highest BCUT2D eigenvalue weighted by Gasteiger charge is 2.10. The van der Waals surface area contributed by atoms with Crippen molar-refractivity contribution in [3.8, 4) is 0 Å². The number of nitrogens with zero attached hydrogens (tertiary/aromatic N) is 4. The van der Waals surface area contributed by atoms with Crippen LogP contribution in [0.5, 0.6) is 0 Å². The Hall–Kier alpha value is -2.88. The zero-order chi connectivity index (χ0) is 14.7. The van der Waals surface area contributed by atoms with E-state index in [4.69, 9.17) is 5.73 Å². The number of hydrogen-bond acceptors (Lipinski definition) is 7. The lowest BCUT2D eigenvalue weighted by Gasteiger charge is -2.03. The average Bonchev–Trinajstić information content (AvgIpc) is 3.12. The Morgan fingerprint density at radius 1 is 1.24 bits per heavy atom. The van der Waals surface area contributed by atoms with Crippen LogP contribution in [0.15, 0.2) is 40.6 Å². The van der Waals surface area contributed by atoms with Gasteiger partial charge in [0.05, 0.1) is 0 Å². The van der Waals surface area contributed by atoms with Crippen molar-refractivity contribution in [3.63, 3.8) is 0 Å². The molecule has 1 amide bonds. The second kappa shape index (κ2) is 5.63. The van der Waals surface area contributed by atoms with E-state index in [1.807, 2.05) is 12.1 Å². The van der Waals surface area contributed by atoms with Crippen LogP contribution in [0.2, 0.25) is 0 Å². The number of aromatic nitrogens is 6. The zero-order valence-electron chi connectivity index (χ0n) is 10.6. The van der Waals surface area contributed by atoms with Gasteiger partial charge in [-0.15, -0.1) is 5.10 Å². The van der Waals surface area contributed by atoms with Crippen LogP contribution in [0, 0.1) is 0 Å². The number of carbonyl (C=O) groups is 1. The molecule has 106 valence electrons. The van der Waals surface area contributed by atoms with E-state index >= 15 is 0 Å². The third-order valence-electron chi connectivity index (χ3n) is 2.44. The molecule has 2 heterocycles. The lowest BCUT2D eigenvalue weighted by Crippen LogP contribution is -2.13. The Morgan fingerprint density at radius 3 is 2.67 bits per heavy atom. The lowest BCUT2D eigenvalue weighted by molar-refractivity contribution is 0.101. The van der Waals surface area contributed by atoms with Crippen molar-refractivity contribution >= 4 is 29.3 Å². The van der Waals surface area contributed by atoms with Gasteiger partial charge < -0.3 is 11.1 Å². The van der Waals surface area contributed by atoms with Gasteiger partial charge in [-0.1, -0.05) is 11.8 Å². The number of rotatable bonds is 4. The number of hydrogen-bond donors (Lipinski definition) is 4. The summed E-state index contributed by atoms with van der Waals surface area (Å²) in [5.41, 5.74) is 5.98. The normalized spacial score (nSPS) is 10.5. The van der Waals surface area contributed by atoms with E-state index in [0.29, 0.717) is 10.8 Å². The van der Waals surface area contributed by atoms with E-state index in [2.05, 4.69) is 35.7 Å². The fourth-order valence-corrected chi connectivity index (χ4v) is 2.22. The number of nitrogen functional groups attached to an aromatic ring is 1. The Bertz CT molecular complexity index is 736. The first-order chi connectivity index (χ1) is 10.2. The van der Waals surface area contributed by atoms with Crippen LogP contribution in [0.4, 0.5) is 11.6 Å². The van der Waals surface area contributed by atoms with Crippen LogP contribution in [-0.4, -0.2) is 36.3 Å². The molecule has 3 aromatic rings. The van der Waals surface area contributed by atoms with Crippen LogP contribution in [-0.2, 0) is 0 Å². The maximum atomic E-state index is 11.8. The van der Waals surface area contributed by atoms with Gasteiger partial charge >= 0.3 is 0 Å². The molecule has 5 N–H and O–H groups in total. The minimum atomic E-state index is -0.408. The van der Waals surface area contributed by atoms with E-state index in [1.165, 1.54) is 18.1 Å². The van der Waals surface area contributed by atoms with Crippen molar-refractivity contribution in [2.75, 3.05) is 11.1 Å². The molecule has 9 nitrogen and oxygen atoms in total. The van der Waals surface area contributed by atoms with Crippen molar-refractivity contribution in [1.82, 2.24) is 30.4 Å². The van der Waals surface area contributed by atoms with Gasteiger partial charge in [0.25, 0.3) is 5.91 Å². The molecule has 2 aromatic heterocycles. The molecule has 3 rings (SSSR count). The Kier molecular flexibility index (Phi) is 3.51. The number of nitrogens with one attached hydrogen (secondary N) is 3. The fourth-order valence-electron chi connectivity index (χ4n) is 1.53. The molecule has 0 radical (unpaired) electrons. The van der Waals surface area contributed by atoms with Gasteiger partial charge in [0.2, 0.25) is 11.8 Å². The predicted molar refractivity (Wildman–Crippen MR) is 75.7 cm³/mol. The van der Waals surface area contributed by atoms with Crippen molar-refractivity contribution in [1.29, 1.82) is 0 Å². The molecule has 0 unspecified atom stereocenters. The lowest BCUT2D eigenvalue weighted by atomic mass is 10.3. The maximum Gasteiger partial charge on any atom is 0.293 e. The molecule has 1 aromatic carbocycles. The topological polar surface area (TPSA) is 138 Å². The summed E-state index contributed by atoms with van der Waals surface area (Å²) in [5, 5.41) is 16.0. The molecule has 10 heteroatoms. The number of benzene rings is 1. The average molecular weight is 302 g/mol. The number of anilines is 2. The fraction of sp³-hybridized carbons (Fsp3) is 0. The number of amides is 1. The molecular weight excluding hydrogens is 292 g/mol. The number of aromatic amines is 2. The van der Waals surface area contributed by atoms with Crippen molar-refractivity contribution in [3.05, 3.63) is 36.4 Å². The minimum Gasteiger partial charge on any atom is -0.366 e. The van der Waals surface area contributed by atoms with E-state index < -0.39 is 5.91 Å². The standard InChI is InChI=1S/C11H10N8OS/c12-10-16-8(17-18-10)9(20)15-6-1-3-7(4-2-6)21-11-13-5-14-19-11/h1-5H,(H,15,20)(H,13,14,19)(H3,12,16,17,18). The van der Waals surface area contributed by atoms with Gasteiger partial charge in [-0.05, 0) is 24.3 Å². The minimum absolute atomic E-state index is 0.0268. The number of nitrogens with two attached hydrogens (primary N) is 1. The van der Waals surface area contributed by atoms with Crippen LogP contribution in [0.25, 0.3) is 0 Å². The van der Waals surface area contributed by atoms with Crippen LogP contribution < -0.4 is 11.1 Å². The second-order valence-corrected chi connectivity index (χ2v) is 4.98. The van der Waals surface area contributed by atoms with Gasteiger partial charge in [0.15, 0.2) is 5.16 Å². The third-order valence-corrected chi connectivity index (χ3v) is 3.34. The molecule has 0 aliphatic rings. The van der Waals surface area contributed by atoms with Gasteiger partial charge in [0.1, 0.15) is 6.33 Å². The van der Waals surface area contributed by atoms with Gasteiger partial charge in [-0.3, -0.25) is 15.0 Å². The van der Waals surface area contributed by atoms with Crippen molar-refractivity contribution in [2.45, 2.75) is 10.1 Å². The smallest absolute Gasteiger partial charge is 0.293 e. The largest absolute Gasteiger partial charge is 0.366 e. The van der Waals surface area contributed by atoms with E-state index in [-0.39, 0.29) is 11.8 Å². The highest BCUT2D eigenvalue weighted by molar-refractivity contribution is 7.99. The Labute approximate surface area is 122 Å². The highest BCUT2D eigenvalue weighted by Crippen LogP contribution is 2.25. The van der Waals surface area contributed by atoms with Gasteiger partial charge in [-0.25, -0.2) is 4.98 Å². The third kappa shape index (κ3) is 3.17. The summed E-state index contributed by atoms with van der Waals surface area (Å²) in [5.74, 6) is -0.318. The molecule has 0 aliphatic carbocycles. The summed E-state index contributed by atoms with van der Waals surface area (Å²) in [4.78, 5) is 20.6. The molecule has 0 aliphatic heterocycles. The summed E-state index contributed by atoms with van der Waals surface area (Å²) in [7, 11) is 0. The molecule has 21 heavy (non-hydrogen) atoms. The molecular formula is C11H10N8OS. The summed E-state index contributed by atoms with van der Waals surface area (Å²) >= 11 is 1.43. The molecule has 0 atom stereocenters. The van der Waals surface area contributed by atoms with E-state index in [9.17, 15) is 4.79 Å². The zero-order valence-corrected chi connectivity index (χ0v) is 11.4. The monoisotopic (exact) mass is 302 g/mol. The SMILES string of the molecule is Nc1n[nH]c(C(=O)Nc2ccc(Sc3ncn[nH]3)cc2)n1. The highest BCUT2D eigenvalue weighted by atomic mass is 32.2. The first-order valence-corrected chi connectivity index (χ1v) is 6.65. The number of carbonyl (C=O) groups excluding carboxylic acids is 1. The summed E-state index contributed by atoms with van der Waals surface area (Å²) in [6.45, 7) is 0. The molecule has 0 fully saturated rings. The summed E-state index contributed by atoms with van der Waals surface area (Å²) in [6, 6.07) is 7.27. The molecule has 0 saturated carbocycles. The molecule has 0 saturated heterocycles. The second-order valence-electron chi connectivity index (χ2n) is 3.91. The molecule has 0 spiro atoms. The van der Waals surface area contributed by atoms with Crippen molar-refractivity contribution in [2.24, 2.45) is 0 Å². The summed E-state index contributed by atoms with van der Waals surface area (Å²) in [6.07, 6.45) is 1.44. The van der Waals surface area contributed by atoms with Crippen LogP contribution in [0.1, 0.15) is 10.6 Å². The first kappa shape index (κ1) is 13.1. The Balaban J connectivity index is 1.65. The first-order valence-electron chi connectivity index (χ1n) is 5.83. The van der Waals surface area contributed by atoms with Crippen LogP contribution >= 0.6 is 11.8 Å². The molecule has 0 bridgehead atoms. The van der Waals surface area contributed by atoms with Crippen molar-refractivity contribution < 1.29 is 4.79 Å². The van der Waals surface area contributed by atoms with Crippen LogP contribution in [0.3, 0.4) is 0 Å². The van der Waals surface area contributed by atoms with Gasteiger partial charge in [-0.2, -0.15) is 10.1 Å². The van der Waals surface area contributed by atoms with E-state index in [0.717, 1.165) is 4.90 Å². The predicted octanol–water partition coefficient (Wildman–Crippen LogP) is 0.908. The number of H-pyrrole nitrogens is 2. The van der Waals surface area contributed by atoms with E-state index in [1.54, 1.807) is 12.1 Å².